The van der Waals surface area contributed by atoms with E-state index in [-0.39, 0.29) is 0 Å². The standard InChI is InChI=1S/C11H13ClN4/c1-2-16-8-14-5-9(16)6-15-11-7-13-4-3-10(11)12/h3-5,7-8,15H,2,6H2,1H3. The summed E-state index contributed by atoms with van der Waals surface area (Å²) in [6.45, 7) is 3.69. The second kappa shape index (κ2) is 4.99. The number of anilines is 1. The summed E-state index contributed by atoms with van der Waals surface area (Å²) < 4.78 is 2.08. The Kier molecular flexibility index (Phi) is 3.41. The van der Waals surface area contributed by atoms with E-state index in [1.807, 2.05) is 12.5 Å². The minimum Gasteiger partial charge on any atom is -0.377 e. The molecule has 0 aliphatic rings. The van der Waals surface area contributed by atoms with Gasteiger partial charge < -0.3 is 9.88 Å². The van der Waals surface area contributed by atoms with Gasteiger partial charge in [-0.2, -0.15) is 0 Å². The van der Waals surface area contributed by atoms with Gasteiger partial charge in [-0.05, 0) is 13.0 Å². The summed E-state index contributed by atoms with van der Waals surface area (Å²) >= 11 is 6.01. The van der Waals surface area contributed by atoms with E-state index >= 15 is 0 Å². The fraction of sp³-hybridized carbons (Fsp3) is 0.273. The Bertz CT molecular complexity index is 467. The van der Waals surface area contributed by atoms with Crippen molar-refractivity contribution in [1.82, 2.24) is 14.5 Å². The largest absolute Gasteiger partial charge is 0.377 e. The van der Waals surface area contributed by atoms with E-state index in [4.69, 9.17) is 11.6 Å². The van der Waals surface area contributed by atoms with E-state index in [2.05, 4.69) is 26.8 Å². The summed E-state index contributed by atoms with van der Waals surface area (Å²) in [7, 11) is 0. The first-order chi connectivity index (χ1) is 7.81. The van der Waals surface area contributed by atoms with Crippen LogP contribution in [-0.2, 0) is 13.1 Å². The summed E-state index contributed by atoms with van der Waals surface area (Å²) in [5.41, 5.74) is 1.97. The van der Waals surface area contributed by atoms with Crippen molar-refractivity contribution in [3.05, 3.63) is 41.7 Å². The number of hydrogen-bond acceptors (Lipinski definition) is 3. The minimum absolute atomic E-state index is 0.678. The van der Waals surface area contributed by atoms with Gasteiger partial charge in [0.2, 0.25) is 0 Å². The third kappa shape index (κ3) is 2.33. The Morgan fingerprint density at radius 3 is 3.00 bits per heavy atom. The molecule has 4 nitrogen and oxygen atoms in total. The van der Waals surface area contributed by atoms with Crippen molar-refractivity contribution in [2.45, 2.75) is 20.0 Å². The van der Waals surface area contributed by atoms with Crippen LogP contribution in [0.1, 0.15) is 12.6 Å². The maximum Gasteiger partial charge on any atom is 0.0948 e. The number of pyridine rings is 1. The third-order valence-corrected chi connectivity index (χ3v) is 2.70. The average molecular weight is 237 g/mol. The molecule has 0 radical (unpaired) electrons. The smallest absolute Gasteiger partial charge is 0.0948 e. The zero-order chi connectivity index (χ0) is 11.4. The lowest BCUT2D eigenvalue weighted by molar-refractivity contribution is 0.719. The van der Waals surface area contributed by atoms with Crippen molar-refractivity contribution in [2.75, 3.05) is 5.32 Å². The minimum atomic E-state index is 0.678. The van der Waals surface area contributed by atoms with Gasteiger partial charge in [0.1, 0.15) is 0 Å². The maximum absolute atomic E-state index is 6.01. The van der Waals surface area contributed by atoms with Crippen LogP contribution in [0.2, 0.25) is 5.02 Å². The van der Waals surface area contributed by atoms with Crippen LogP contribution in [-0.4, -0.2) is 14.5 Å². The highest BCUT2D eigenvalue weighted by atomic mass is 35.5. The van der Waals surface area contributed by atoms with E-state index in [9.17, 15) is 0 Å². The summed E-state index contributed by atoms with van der Waals surface area (Å²) in [4.78, 5) is 8.12. The molecule has 0 saturated carbocycles. The van der Waals surface area contributed by atoms with Crippen molar-refractivity contribution in [1.29, 1.82) is 0 Å². The molecule has 2 aromatic rings. The molecule has 84 valence electrons. The van der Waals surface area contributed by atoms with Crippen LogP contribution in [0, 0.1) is 0 Å². The first-order valence-corrected chi connectivity index (χ1v) is 5.51. The number of aromatic nitrogens is 3. The van der Waals surface area contributed by atoms with Crippen molar-refractivity contribution in [3.8, 4) is 0 Å². The van der Waals surface area contributed by atoms with Crippen LogP contribution in [0.15, 0.2) is 31.0 Å². The second-order valence-electron chi connectivity index (χ2n) is 3.38. The summed E-state index contributed by atoms with van der Waals surface area (Å²) in [6.07, 6.45) is 7.06. The number of hydrogen-bond donors (Lipinski definition) is 1. The Morgan fingerprint density at radius 1 is 1.38 bits per heavy atom. The van der Waals surface area contributed by atoms with Gasteiger partial charge in [-0.25, -0.2) is 4.98 Å². The lowest BCUT2D eigenvalue weighted by atomic mass is 10.4. The number of halogens is 1. The second-order valence-corrected chi connectivity index (χ2v) is 3.79. The zero-order valence-corrected chi connectivity index (χ0v) is 9.78. The predicted molar refractivity (Wildman–Crippen MR) is 64.5 cm³/mol. The first kappa shape index (κ1) is 11.0. The highest BCUT2D eigenvalue weighted by Gasteiger charge is 2.02. The molecule has 0 unspecified atom stereocenters. The number of nitrogens with one attached hydrogen (secondary N) is 1. The van der Waals surface area contributed by atoms with Crippen LogP contribution < -0.4 is 5.32 Å². The molecule has 0 bridgehead atoms. The number of nitrogens with zero attached hydrogens (tertiary/aromatic N) is 3. The fourth-order valence-corrected chi connectivity index (χ4v) is 1.65. The quantitative estimate of drug-likeness (QED) is 0.887. The van der Waals surface area contributed by atoms with Gasteiger partial charge in [-0.15, -0.1) is 0 Å². The molecule has 0 aromatic carbocycles. The van der Waals surface area contributed by atoms with E-state index in [0.29, 0.717) is 11.6 Å². The van der Waals surface area contributed by atoms with Crippen molar-refractivity contribution < 1.29 is 0 Å². The van der Waals surface area contributed by atoms with Crippen LogP contribution >= 0.6 is 11.6 Å². The molecule has 16 heavy (non-hydrogen) atoms. The molecule has 0 spiro atoms. The van der Waals surface area contributed by atoms with Crippen molar-refractivity contribution >= 4 is 17.3 Å². The summed E-state index contributed by atoms with van der Waals surface area (Å²) in [5, 5.41) is 3.91. The van der Waals surface area contributed by atoms with Gasteiger partial charge in [0.15, 0.2) is 0 Å². The Hall–Kier alpha value is -1.55. The Balaban J connectivity index is 2.05. The van der Waals surface area contributed by atoms with Gasteiger partial charge >= 0.3 is 0 Å². The highest BCUT2D eigenvalue weighted by Crippen LogP contribution is 2.19. The SMILES string of the molecule is CCn1cncc1CNc1cnccc1Cl. The molecule has 2 aromatic heterocycles. The van der Waals surface area contributed by atoms with E-state index in [0.717, 1.165) is 17.9 Å². The Morgan fingerprint density at radius 2 is 2.25 bits per heavy atom. The van der Waals surface area contributed by atoms with Gasteiger partial charge in [-0.3, -0.25) is 4.98 Å². The molecule has 0 atom stereocenters. The van der Waals surface area contributed by atoms with Gasteiger partial charge in [0.25, 0.3) is 0 Å². The molecule has 0 aliphatic carbocycles. The topological polar surface area (TPSA) is 42.7 Å². The molecule has 5 heteroatoms. The predicted octanol–water partition coefficient (Wildman–Crippen LogP) is 2.56. The monoisotopic (exact) mass is 236 g/mol. The number of rotatable bonds is 4. The first-order valence-electron chi connectivity index (χ1n) is 5.13. The van der Waals surface area contributed by atoms with Gasteiger partial charge in [-0.1, -0.05) is 11.6 Å². The van der Waals surface area contributed by atoms with Crippen LogP contribution in [0.25, 0.3) is 0 Å². The molecule has 1 N–H and O–H groups in total. The van der Waals surface area contributed by atoms with Crippen LogP contribution in [0.3, 0.4) is 0 Å². The van der Waals surface area contributed by atoms with E-state index in [1.165, 1.54) is 0 Å². The molecule has 0 saturated heterocycles. The van der Waals surface area contributed by atoms with Gasteiger partial charge in [0.05, 0.1) is 35.5 Å². The van der Waals surface area contributed by atoms with Crippen LogP contribution in [0.4, 0.5) is 5.69 Å². The maximum atomic E-state index is 6.01. The molecular weight excluding hydrogens is 224 g/mol. The molecular formula is C11H13ClN4. The normalized spacial score (nSPS) is 10.4. The highest BCUT2D eigenvalue weighted by molar-refractivity contribution is 6.33. The third-order valence-electron chi connectivity index (χ3n) is 2.37. The van der Waals surface area contributed by atoms with E-state index < -0.39 is 0 Å². The molecule has 0 aliphatic heterocycles. The van der Waals surface area contributed by atoms with Crippen molar-refractivity contribution in [3.63, 3.8) is 0 Å². The fourth-order valence-electron chi connectivity index (χ4n) is 1.47. The lowest BCUT2D eigenvalue weighted by Crippen LogP contribution is -2.06. The average Bonchev–Trinajstić information content (AvgIpc) is 2.75. The van der Waals surface area contributed by atoms with E-state index in [1.54, 1.807) is 18.5 Å². The van der Waals surface area contributed by atoms with Crippen molar-refractivity contribution in [2.24, 2.45) is 0 Å². The molecule has 2 rings (SSSR count). The van der Waals surface area contributed by atoms with Gasteiger partial charge in [0, 0.05) is 18.9 Å². The number of aryl methyl sites for hydroxylation is 1. The molecule has 2 heterocycles. The molecule has 0 amide bonds. The zero-order valence-electron chi connectivity index (χ0n) is 9.02. The molecule has 0 fully saturated rings. The summed E-state index contributed by atoms with van der Waals surface area (Å²) in [6, 6.07) is 1.76. The lowest BCUT2D eigenvalue weighted by Gasteiger charge is -2.08. The number of imidazole rings is 1. The Labute approximate surface area is 99.3 Å². The summed E-state index contributed by atoms with van der Waals surface area (Å²) in [5.74, 6) is 0. The van der Waals surface area contributed by atoms with Crippen LogP contribution in [0.5, 0.6) is 0 Å².